The van der Waals surface area contributed by atoms with Crippen molar-refractivity contribution >= 4 is 81.8 Å². The molecule has 117 heavy (non-hydrogen) atoms. The largest absolute Gasteiger partial charge is 0.441 e. The zero-order valence-electron chi connectivity index (χ0n) is 63.7. The molecule has 0 radical (unpaired) electrons. The van der Waals surface area contributed by atoms with Crippen LogP contribution < -0.4 is 82.7 Å². The summed E-state index contributed by atoms with van der Waals surface area (Å²) in [5.74, 6) is -8.70. The topological polar surface area (TPSA) is 820 Å². The highest BCUT2D eigenvalue weighted by Gasteiger charge is 2.54. The van der Waals surface area contributed by atoms with Gasteiger partial charge in [-0.25, -0.2) is 29.7 Å². The second-order valence-corrected chi connectivity index (χ2v) is 29.5. The predicted octanol–water partition coefficient (Wildman–Crippen LogP) is -12.0. The van der Waals surface area contributed by atoms with Crippen LogP contribution in [0.4, 0.5) is 10.6 Å². The molecule has 26 unspecified atom stereocenters. The lowest BCUT2D eigenvalue weighted by molar-refractivity contribution is -0.372. The van der Waals surface area contributed by atoms with Crippen LogP contribution in [0, 0.1) is 6.92 Å². The van der Waals surface area contributed by atoms with E-state index in [-0.39, 0.29) is 58.1 Å². The molecule has 3 aliphatic rings. The van der Waals surface area contributed by atoms with Gasteiger partial charge in [-0.15, -0.1) is 22.7 Å². The number of aliphatic hydroxyl groups is 12. The highest BCUT2D eigenvalue weighted by Crippen LogP contribution is 2.36. The van der Waals surface area contributed by atoms with Gasteiger partial charge in [0.15, 0.2) is 37.3 Å². The smallest absolute Gasteiger partial charge is 0.404 e. The number of rotatable bonds is 45. The highest BCUT2D eigenvalue weighted by atomic mass is 32.1. The Morgan fingerprint density at radius 3 is 2.02 bits per heavy atom. The number of carbonyl (C=O) groups excluding carboxylic acids is 9. The summed E-state index contributed by atoms with van der Waals surface area (Å²) in [5.41, 5.74) is 39.5. The van der Waals surface area contributed by atoms with Gasteiger partial charge in [-0.3, -0.25) is 38.4 Å². The Morgan fingerprint density at radius 2 is 1.37 bits per heavy atom. The van der Waals surface area contributed by atoms with Crippen molar-refractivity contribution in [1.82, 2.24) is 72.4 Å². The van der Waals surface area contributed by atoms with Crippen molar-refractivity contribution in [3.8, 4) is 10.7 Å². The number of aromatic amines is 1. The molecule has 26 atom stereocenters. The molecule has 4 aromatic rings. The van der Waals surface area contributed by atoms with E-state index >= 15 is 9.59 Å². The lowest BCUT2D eigenvalue weighted by Crippen LogP contribution is -2.65. The molecule has 3 aliphatic heterocycles. The molecule has 654 valence electrons. The molecule has 0 spiro atoms. The van der Waals surface area contributed by atoms with Gasteiger partial charge in [0.2, 0.25) is 35.4 Å². The van der Waals surface area contributed by atoms with Gasteiger partial charge in [-0.05, 0) is 53.5 Å². The van der Waals surface area contributed by atoms with Gasteiger partial charge in [-0.1, -0.05) is 0 Å². The first-order chi connectivity index (χ1) is 55.4. The maximum Gasteiger partial charge on any atom is 0.404 e. The van der Waals surface area contributed by atoms with Crippen LogP contribution in [0.5, 0.6) is 0 Å². The number of nitrogens with two attached hydrogens (primary N) is 7. The van der Waals surface area contributed by atoms with E-state index in [1.54, 1.807) is 0 Å². The maximum atomic E-state index is 15.3. The number of ether oxygens (including phenoxy) is 7. The number of aromatic nitrogens is 6. The molecule has 0 aliphatic carbocycles. The van der Waals surface area contributed by atoms with Crippen LogP contribution in [0.3, 0.4) is 0 Å². The molecule has 9 amide bonds. The molecule has 0 saturated carbocycles. The van der Waals surface area contributed by atoms with E-state index in [4.69, 9.17) is 78.4 Å². The van der Waals surface area contributed by atoms with Gasteiger partial charge in [0, 0.05) is 61.4 Å². The molecule has 7 heterocycles. The normalized spacial score (nSPS) is 26.3. The van der Waals surface area contributed by atoms with Crippen LogP contribution in [0.2, 0.25) is 0 Å². The molecular weight excluding hydrogens is 1600 g/mol. The minimum absolute atomic E-state index is 0.0000191. The molecule has 0 aromatic carbocycles. The number of carbonyl (C=O) groups is 9. The fourth-order valence-corrected chi connectivity index (χ4v) is 13.7. The monoisotopic (exact) mass is 1700 g/mol. The fraction of sp³-hybridized carbons (Fsp3) is 0.667. The number of H-pyrrole nitrogens is 1. The molecule has 51 heteroatoms. The molecule has 3 fully saturated rings. The summed E-state index contributed by atoms with van der Waals surface area (Å²) in [6, 6.07) is -10.2. The lowest BCUT2D eigenvalue weighted by atomic mass is 9.97. The second-order valence-electron chi connectivity index (χ2n) is 27.8. The first kappa shape index (κ1) is 95.6. The van der Waals surface area contributed by atoms with Crippen molar-refractivity contribution in [3.05, 3.63) is 56.8 Å². The zero-order valence-corrected chi connectivity index (χ0v) is 65.3. The van der Waals surface area contributed by atoms with Crippen LogP contribution in [-0.2, 0) is 61.9 Å². The van der Waals surface area contributed by atoms with E-state index in [9.17, 15) is 89.7 Å². The van der Waals surface area contributed by atoms with Crippen molar-refractivity contribution in [2.75, 3.05) is 58.3 Å². The molecule has 3 saturated heterocycles. The molecular formula is C66H105N21O28S2. The van der Waals surface area contributed by atoms with E-state index < -0.39 is 256 Å². The first-order valence-electron chi connectivity index (χ1n) is 36.8. The van der Waals surface area contributed by atoms with Crippen LogP contribution in [0.15, 0.2) is 23.3 Å². The number of nitrogens with one attached hydrogen (secondary N) is 9. The van der Waals surface area contributed by atoms with E-state index in [0.29, 0.717) is 38.9 Å². The van der Waals surface area contributed by atoms with Gasteiger partial charge in [-0.2, -0.15) is 0 Å². The number of nitrogens with zero attached hydrogens (tertiary/aromatic N) is 5. The number of primary amides is 3. The van der Waals surface area contributed by atoms with E-state index in [1.165, 1.54) is 24.6 Å². The number of nitrogen functional groups attached to an aromatic ring is 1. The van der Waals surface area contributed by atoms with E-state index in [2.05, 4.69) is 72.4 Å². The summed E-state index contributed by atoms with van der Waals surface area (Å²) in [6.45, 7) is 4.08. The summed E-state index contributed by atoms with van der Waals surface area (Å²) in [5, 5.41) is 155. The quantitative estimate of drug-likeness (QED) is 0.0144. The third-order valence-electron chi connectivity index (χ3n) is 18.8. The molecule has 49 nitrogen and oxygen atoms in total. The zero-order chi connectivity index (χ0) is 86.4. The summed E-state index contributed by atoms with van der Waals surface area (Å²) < 4.78 is 40.4. The first-order valence-corrected chi connectivity index (χ1v) is 38.6. The van der Waals surface area contributed by atoms with E-state index in [0.717, 1.165) is 49.0 Å². The minimum Gasteiger partial charge on any atom is -0.441 e. The Bertz CT molecular complexity index is 3920. The Balaban J connectivity index is 1.12. The highest BCUT2D eigenvalue weighted by molar-refractivity contribution is 7.14. The molecule has 35 N–H and O–H groups in total. The minimum atomic E-state index is -2.27. The summed E-state index contributed by atoms with van der Waals surface area (Å²) in [4.78, 5) is 145. The third kappa shape index (κ3) is 26.5. The SMILES string of the molecule is Cc1c(N)nc(C(CC(N)=O)NCC(N)C(N)=O)nc1C(=O)NC(C(=O)NC(C)C(O)CC(=O)NC(C(=O)NC(OC1OC(C)C(N)C(O)C1O)C(O)c1nc(-c2nc(C(=O)NCCCC(N)CC(=O)NCCCNCCO)cs2)cs1)C(C)O)C(OC1OC(CO)C(O)C(O)C1OC1OC(CO)C(O)C(OC(N)=O)C1O)c1cnc[nH]1. The number of hydrogen-bond donors (Lipinski definition) is 28. The molecule has 7 rings (SSSR count). The summed E-state index contributed by atoms with van der Waals surface area (Å²) in [7, 11) is 0. The molecule has 0 bridgehead atoms. The number of aliphatic hydroxyl groups excluding tert-OH is 12. The number of thiazole rings is 2. The Hall–Kier alpha value is -8.54. The second kappa shape index (κ2) is 45.0. The fourth-order valence-electron chi connectivity index (χ4n) is 12.0. The summed E-state index contributed by atoms with van der Waals surface area (Å²) >= 11 is 1.82. The van der Waals surface area contributed by atoms with Crippen molar-refractivity contribution in [1.29, 1.82) is 0 Å². The Morgan fingerprint density at radius 1 is 0.684 bits per heavy atom. The van der Waals surface area contributed by atoms with Crippen LogP contribution in [-0.4, -0.2) is 338 Å². The number of amides is 9. The average molecular weight is 1700 g/mol. The van der Waals surface area contributed by atoms with Crippen LogP contribution >= 0.6 is 22.7 Å². The van der Waals surface area contributed by atoms with Crippen LogP contribution in [0.25, 0.3) is 10.7 Å². The van der Waals surface area contributed by atoms with Gasteiger partial charge in [0.1, 0.15) is 112 Å². The van der Waals surface area contributed by atoms with E-state index in [1.807, 2.05) is 0 Å². The maximum absolute atomic E-state index is 15.3. The number of anilines is 1. The van der Waals surface area contributed by atoms with Crippen LogP contribution in [0.1, 0.15) is 121 Å². The van der Waals surface area contributed by atoms with Gasteiger partial charge in [0.05, 0.1) is 86.9 Å². The van der Waals surface area contributed by atoms with Crippen molar-refractivity contribution in [2.45, 2.75) is 225 Å². The van der Waals surface area contributed by atoms with Crippen molar-refractivity contribution < 1.29 is 138 Å². The standard InChI is InChI=1S/C66H105N21O28S2/c1-23-40(84-55(86-53(23)71)29(14-36(69)93)78-16-28(68)54(72)103)57(105)85-42(50(30-17-75-22-79-30)112-65-52(46(99)43(96)34(18-89)111-65)113-64-48(101)51(114-66(73)108)44(97)35(19-90)110-64)59(107)80-24(2)33(92)15-38(95)83-41(25(3)91)58(106)87-60(115-63-47(100)45(98)39(70)26(4)109-63)49(102)62-82-32(21-117-62)61-81-31(20-116-61)56(104)77-9-5-7-27(67)13-37(94)76-10-6-8-74-11-12-88/h17,20-22,24-29,33-35,39,41-52,60,63-65,74,78,88-92,96-102H,5-16,18-19,67-68,70H2,1-4H3,(H2,69,93)(H2,72,103)(H2,73,108)(H,75,79)(H,76,94)(H,77,104)(H,80,107)(H,83,95)(H,85,105)(H,87,106)(H2,71,84,86). The Kier molecular flexibility index (Phi) is 36.8. The predicted molar refractivity (Wildman–Crippen MR) is 401 cm³/mol. The van der Waals surface area contributed by atoms with Gasteiger partial charge >= 0.3 is 6.09 Å². The molecule has 4 aromatic heterocycles. The van der Waals surface area contributed by atoms with Gasteiger partial charge in [0.25, 0.3) is 11.8 Å². The third-order valence-corrected chi connectivity index (χ3v) is 20.6. The van der Waals surface area contributed by atoms with Crippen molar-refractivity contribution in [3.63, 3.8) is 0 Å². The lowest BCUT2D eigenvalue weighted by Gasteiger charge is -2.47. The van der Waals surface area contributed by atoms with Gasteiger partial charge < -0.3 is 182 Å². The number of hydrogen-bond acceptors (Lipinski definition) is 41. The number of imidazole rings is 1. The van der Waals surface area contributed by atoms with Crippen molar-refractivity contribution in [2.24, 2.45) is 34.4 Å². The summed E-state index contributed by atoms with van der Waals surface area (Å²) in [6.07, 6.45) is -36.6. The Labute approximate surface area is 674 Å². The average Bonchev–Trinajstić information content (AvgIpc) is 1.68.